The highest BCUT2D eigenvalue weighted by Crippen LogP contribution is 2.44. The van der Waals surface area contributed by atoms with Gasteiger partial charge in [-0.15, -0.1) is 16.9 Å². The Hall–Kier alpha value is -2.88. The second-order valence-electron chi connectivity index (χ2n) is 6.50. The van der Waals surface area contributed by atoms with E-state index >= 15 is 0 Å². The van der Waals surface area contributed by atoms with Crippen molar-refractivity contribution in [2.45, 2.75) is 23.5 Å². The number of hydrogen-bond acceptors (Lipinski definition) is 5. The summed E-state index contributed by atoms with van der Waals surface area (Å²) < 4.78 is 5.62. The van der Waals surface area contributed by atoms with Crippen molar-refractivity contribution in [2.75, 3.05) is 0 Å². The van der Waals surface area contributed by atoms with Gasteiger partial charge < -0.3 is 10.5 Å². The topological polar surface area (TPSA) is 87.7 Å². The van der Waals surface area contributed by atoms with Crippen LogP contribution in [0.2, 0.25) is 5.02 Å². The van der Waals surface area contributed by atoms with E-state index in [-0.39, 0.29) is 11.8 Å². The molecule has 4 rings (SSSR count). The number of aromatic amines is 1. The standard InChI is InChI=1S/C21H17ClN4OS/c1-12-2-8-15(9-3-12)28-11-17-19-18(13-4-6-14(22)7-5-13)16(10-23)20(24)27-21(19)26-25-17/h2-9,18H,11,24H2,1H3,(H,25,26). The second kappa shape index (κ2) is 7.63. The number of aryl methyl sites for hydroxylation is 1. The molecule has 1 aliphatic rings. The highest BCUT2D eigenvalue weighted by molar-refractivity contribution is 7.98. The molecule has 2 aromatic carbocycles. The molecule has 140 valence electrons. The number of nitriles is 1. The number of nitrogens with one attached hydrogen (secondary N) is 1. The molecule has 0 bridgehead atoms. The van der Waals surface area contributed by atoms with Gasteiger partial charge in [0.1, 0.15) is 11.6 Å². The van der Waals surface area contributed by atoms with Crippen LogP contribution in [0.1, 0.15) is 28.3 Å². The fourth-order valence-electron chi connectivity index (χ4n) is 3.20. The molecule has 0 saturated heterocycles. The molecule has 0 radical (unpaired) electrons. The molecule has 3 aromatic rings. The lowest BCUT2D eigenvalue weighted by molar-refractivity contribution is 0.379. The van der Waals surface area contributed by atoms with Crippen LogP contribution < -0.4 is 10.5 Å². The van der Waals surface area contributed by atoms with E-state index < -0.39 is 0 Å². The molecule has 2 heterocycles. The van der Waals surface area contributed by atoms with Crippen molar-refractivity contribution in [3.8, 4) is 11.9 Å². The minimum atomic E-state index is -0.349. The predicted octanol–water partition coefficient (Wildman–Crippen LogP) is 4.88. The average Bonchev–Trinajstić information content (AvgIpc) is 3.09. The van der Waals surface area contributed by atoms with Gasteiger partial charge in [-0.05, 0) is 36.8 Å². The number of halogens is 1. The number of ether oxygens (including phenoxy) is 1. The molecule has 1 atom stereocenters. The third kappa shape index (κ3) is 3.47. The normalized spacial score (nSPS) is 15.7. The van der Waals surface area contributed by atoms with Gasteiger partial charge in [-0.2, -0.15) is 5.26 Å². The van der Waals surface area contributed by atoms with Gasteiger partial charge in [0.15, 0.2) is 0 Å². The van der Waals surface area contributed by atoms with E-state index in [1.807, 2.05) is 12.1 Å². The Morgan fingerprint density at radius 1 is 1.21 bits per heavy atom. The Morgan fingerprint density at radius 3 is 2.61 bits per heavy atom. The number of thioether (sulfide) groups is 1. The van der Waals surface area contributed by atoms with E-state index in [2.05, 4.69) is 47.5 Å². The van der Waals surface area contributed by atoms with Gasteiger partial charge >= 0.3 is 0 Å². The molecule has 5 nitrogen and oxygen atoms in total. The first kappa shape index (κ1) is 18.5. The number of nitrogens with two attached hydrogens (primary N) is 1. The van der Waals surface area contributed by atoms with Crippen LogP contribution in [-0.2, 0) is 5.75 Å². The van der Waals surface area contributed by atoms with Crippen LogP contribution in [-0.4, -0.2) is 10.2 Å². The van der Waals surface area contributed by atoms with Crippen molar-refractivity contribution in [3.05, 3.63) is 87.4 Å². The number of hydrogen-bond donors (Lipinski definition) is 2. The number of allylic oxidation sites excluding steroid dienone is 1. The molecule has 1 unspecified atom stereocenters. The van der Waals surface area contributed by atoms with Gasteiger partial charge in [0.25, 0.3) is 0 Å². The Bertz CT molecular complexity index is 1080. The van der Waals surface area contributed by atoms with Gasteiger partial charge in [-0.1, -0.05) is 41.4 Å². The fraction of sp³-hybridized carbons (Fsp3) is 0.143. The summed E-state index contributed by atoms with van der Waals surface area (Å²) in [6.07, 6.45) is 0. The van der Waals surface area contributed by atoms with Crippen LogP contribution in [0, 0.1) is 18.3 Å². The van der Waals surface area contributed by atoms with Crippen molar-refractivity contribution < 1.29 is 4.74 Å². The molecule has 0 saturated carbocycles. The highest BCUT2D eigenvalue weighted by Gasteiger charge is 2.35. The lowest BCUT2D eigenvalue weighted by Gasteiger charge is -2.24. The Balaban J connectivity index is 1.71. The predicted molar refractivity (Wildman–Crippen MR) is 110 cm³/mol. The van der Waals surface area contributed by atoms with Crippen molar-refractivity contribution >= 4 is 23.4 Å². The number of rotatable bonds is 4. The van der Waals surface area contributed by atoms with Gasteiger partial charge in [0.2, 0.25) is 11.8 Å². The van der Waals surface area contributed by atoms with Crippen molar-refractivity contribution in [1.29, 1.82) is 5.26 Å². The van der Waals surface area contributed by atoms with Crippen molar-refractivity contribution in [2.24, 2.45) is 5.73 Å². The van der Waals surface area contributed by atoms with E-state index in [1.165, 1.54) is 5.56 Å². The van der Waals surface area contributed by atoms with Gasteiger partial charge in [0.05, 0.1) is 17.2 Å². The largest absolute Gasteiger partial charge is 0.420 e. The molecule has 0 aliphatic carbocycles. The molecule has 1 aromatic heterocycles. The first-order valence-corrected chi connectivity index (χ1v) is 10.0. The van der Waals surface area contributed by atoms with Gasteiger partial charge in [-0.25, -0.2) is 0 Å². The fourth-order valence-corrected chi connectivity index (χ4v) is 4.18. The van der Waals surface area contributed by atoms with Crippen LogP contribution in [0.3, 0.4) is 0 Å². The molecule has 28 heavy (non-hydrogen) atoms. The number of nitrogens with zero attached hydrogens (tertiary/aromatic N) is 2. The number of H-pyrrole nitrogens is 1. The molecule has 0 spiro atoms. The summed E-state index contributed by atoms with van der Waals surface area (Å²) in [5.41, 5.74) is 10.3. The molecule has 1 aliphatic heterocycles. The summed E-state index contributed by atoms with van der Waals surface area (Å²) in [4.78, 5) is 1.16. The summed E-state index contributed by atoms with van der Waals surface area (Å²) in [6.45, 7) is 2.06. The van der Waals surface area contributed by atoms with E-state index in [4.69, 9.17) is 22.1 Å². The van der Waals surface area contributed by atoms with Crippen LogP contribution in [0.25, 0.3) is 0 Å². The molecule has 0 amide bonds. The third-order valence-electron chi connectivity index (χ3n) is 4.63. The zero-order valence-electron chi connectivity index (χ0n) is 15.1. The summed E-state index contributed by atoms with van der Waals surface area (Å²) in [5.74, 6) is 0.811. The second-order valence-corrected chi connectivity index (χ2v) is 7.98. The van der Waals surface area contributed by atoms with E-state index in [0.717, 1.165) is 21.7 Å². The van der Waals surface area contributed by atoms with Gasteiger partial charge in [-0.3, -0.25) is 5.10 Å². The molecular formula is C21H17ClN4OS. The lowest BCUT2D eigenvalue weighted by atomic mass is 9.84. The summed E-state index contributed by atoms with van der Waals surface area (Å²) in [6, 6.07) is 18.0. The minimum absolute atomic E-state index is 0.0826. The van der Waals surface area contributed by atoms with E-state index in [0.29, 0.717) is 22.2 Å². The lowest BCUT2D eigenvalue weighted by Crippen LogP contribution is -2.21. The molecule has 7 heteroatoms. The monoisotopic (exact) mass is 408 g/mol. The third-order valence-corrected chi connectivity index (χ3v) is 5.92. The maximum Gasteiger partial charge on any atom is 0.244 e. The minimum Gasteiger partial charge on any atom is -0.420 e. The number of aromatic nitrogens is 2. The number of benzene rings is 2. The first-order valence-electron chi connectivity index (χ1n) is 8.66. The smallest absolute Gasteiger partial charge is 0.244 e. The highest BCUT2D eigenvalue weighted by atomic mass is 35.5. The van der Waals surface area contributed by atoms with Gasteiger partial charge in [0, 0.05) is 15.7 Å². The number of fused-ring (bicyclic) bond motifs is 1. The summed E-state index contributed by atoms with van der Waals surface area (Å²) >= 11 is 7.73. The SMILES string of the molecule is Cc1ccc(SCc2[nH]nc3c2C(c2ccc(Cl)cc2)C(C#N)=C(N)O3)cc1. The van der Waals surface area contributed by atoms with Crippen LogP contribution in [0.5, 0.6) is 5.88 Å². The van der Waals surface area contributed by atoms with E-state index in [9.17, 15) is 5.26 Å². The zero-order chi connectivity index (χ0) is 19.7. The molecule has 3 N–H and O–H groups in total. The Labute approximate surface area is 172 Å². The molecular weight excluding hydrogens is 392 g/mol. The van der Waals surface area contributed by atoms with Crippen molar-refractivity contribution in [3.63, 3.8) is 0 Å². The van der Waals surface area contributed by atoms with E-state index in [1.54, 1.807) is 23.9 Å². The van der Waals surface area contributed by atoms with Crippen LogP contribution >= 0.6 is 23.4 Å². The Morgan fingerprint density at radius 2 is 1.93 bits per heavy atom. The maximum atomic E-state index is 9.71. The summed E-state index contributed by atoms with van der Waals surface area (Å²) in [5, 5.41) is 17.7. The average molecular weight is 409 g/mol. The summed E-state index contributed by atoms with van der Waals surface area (Å²) in [7, 11) is 0. The van der Waals surface area contributed by atoms with Crippen molar-refractivity contribution in [1.82, 2.24) is 10.2 Å². The Kier molecular flexibility index (Phi) is 5.03. The zero-order valence-corrected chi connectivity index (χ0v) is 16.6. The van der Waals surface area contributed by atoms with Crippen LogP contribution in [0.15, 0.2) is 64.9 Å². The maximum absolute atomic E-state index is 9.71. The molecule has 0 fully saturated rings. The van der Waals surface area contributed by atoms with Crippen LogP contribution in [0.4, 0.5) is 0 Å². The quantitative estimate of drug-likeness (QED) is 0.600. The first-order chi connectivity index (χ1) is 13.6.